The molecule has 4 aromatic rings. The molecule has 1 atom stereocenters. The molecule has 2 aliphatic rings. The quantitative estimate of drug-likeness (QED) is 0.253. The number of rotatable bonds is 5. The van der Waals surface area contributed by atoms with Gasteiger partial charge < -0.3 is 0 Å². The van der Waals surface area contributed by atoms with Gasteiger partial charge in [0.2, 0.25) is 0 Å². The molecule has 6 rings (SSSR count). The molecule has 0 aromatic heterocycles. The second kappa shape index (κ2) is 8.78. The zero-order valence-corrected chi connectivity index (χ0v) is 24.3. The fraction of sp³-hybridized carbons (Fsp3) is 0.194. The Balaban J connectivity index is 1.72. The summed E-state index contributed by atoms with van der Waals surface area (Å²) in [6, 6.07) is 31.8. The third kappa shape index (κ3) is 3.26. The maximum atomic E-state index is 9.54. The molecule has 0 saturated heterocycles. The Hall–Kier alpha value is -2.03. The Morgan fingerprint density at radius 2 is 1.17 bits per heavy atom. The SMILES string of the molecule is C[C](C)=[Zr]([Cl])([Cl])([CH]1c2ccccc2-c2ccccc21)[CH]1c2ccccc2-c2cccc(OCCO)c21. The van der Waals surface area contributed by atoms with Gasteiger partial charge in [-0.05, 0) is 0 Å². The van der Waals surface area contributed by atoms with Gasteiger partial charge >= 0.3 is 222 Å². The zero-order valence-electron chi connectivity index (χ0n) is 20.3. The first kappa shape index (κ1) is 24.3. The number of hydrogen-bond donors (Lipinski definition) is 1. The molecule has 0 spiro atoms. The number of halogens is 2. The van der Waals surface area contributed by atoms with E-state index in [1.54, 1.807) is 0 Å². The number of benzene rings is 4. The van der Waals surface area contributed by atoms with Gasteiger partial charge in [-0.25, -0.2) is 0 Å². The second-order valence-corrected chi connectivity index (χ2v) is 31.8. The molecule has 0 aliphatic heterocycles. The van der Waals surface area contributed by atoms with Crippen molar-refractivity contribution in [1.82, 2.24) is 0 Å². The first-order valence-corrected chi connectivity index (χ1v) is 22.8. The molecule has 2 nitrogen and oxygen atoms in total. The Labute approximate surface area is 220 Å². The molecule has 0 radical (unpaired) electrons. The first-order valence-electron chi connectivity index (χ1n) is 12.4. The summed E-state index contributed by atoms with van der Waals surface area (Å²) >= 11 is -5.09. The number of aliphatic hydroxyl groups excluding tert-OH is 1. The van der Waals surface area contributed by atoms with Gasteiger partial charge in [-0.3, -0.25) is 0 Å². The first-order chi connectivity index (χ1) is 17.4. The van der Waals surface area contributed by atoms with Crippen LogP contribution in [0, 0.1) is 0 Å². The van der Waals surface area contributed by atoms with Crippen molar-refractivity contribution >= 4 is 20.2 Å². The van der Waals surface area contributed by atoms with Crippen LogP contribution >= 0.6 is 17.0 Å². The normalized spacial score (nSPS) is 16.2. The van der Waals surface area contributed by atoms with Gasteiger partial charge in [0.05, 0.1) is 0 Å². The fourth-order valence-electron chi connectivity index (χ4n) is 6.53. The van der Waals surface area contributed by atoms with Crippen LogP contribution in [-0.4, -0.2) is 21.5 Å². The van der Waals surface area contributed by atoms with Crippen LogP contribution in [0.4, 0.5) is 0 Å². The summed E-state index contributed by atoms with van der Waals surface area (Å²) in [6.07, 6.45) is 0. The summed E-state index contributed by atoms with van der Waals surface area (Å²) in [5.74, 6) is 0.755. The van der Waals surface area contributed by atoms with Crippen molar-refractivity contribution in [2.45, 2.75) is 21.1 Å². The number of fused-ring (bicyclic) bond motifs is 6. The minimum atomic E-state index is -5.09. The van der Waals surface area contributed by atoms with E-state index in [-0.39, 0.29) is 20.5 Å². The Bertz CT molecular complexity index is 1530. The predicted molar refractivity (Wildman–Crippen MR) is 148 cm³/mol. The molecule has 1 N–H and O–H groups in total. The summed E-state index contributed by atoms with van der Waals surface area (Å²) in [6.45, 7) is 4.43. The monoisotopic (exact) mass is 592 g/mol. The summed E-state index contributed by atoms with van der Waals surface area (Å²) in [7, 11) is 16.6. The Morgan fingerprint density at radius 1 is 0.694 bits per heavy atom. The van der Waals surface area contributed by atoms with Crippen LogP contribution in [-0.2, 0) is 15.9 Å². The molecule has 5 heteroatoms. The van der Waals surface area contributed by atoms with Crippen molar-refractivity contribution in [1.29, 1.82) is 0 Å². The number of ether oxygens (including phenoxy) is 1. The molecule has 4 aromatic carbocycles. The summed E-state index contributed by atoms with van der Waals surface area (Å²) in [5, 5.41) is 9.54. The fourth-order valence-corrected chi connectivity index (χ4v) is 23.7. The maximum absolute atomic E-state index is 9.54. The van der Waals surface area contributed by atoms with E-state index in [2.05, 4.69) is 92.7 Å². The topological polar surface area (TPSA) is 29.5 Å². The molecular weight excluding hydrogens is 566 g/mol. The Morgan fingerprint density at radius 3 is 1.69 bits per heavy atom. The van der Waals surface area contributed by atoms with Gasteiger partial charge in [0.1, 0.15) is 0 Å². The van der Waals surface area contributed by atoms with Crippen molar-refractivity contribution in [3.63, 3.8) is 0 Å². The summed E-state index contributed by atoms with van der Waals surface area (Å²) in [5.41, 5.74) is 9.39. The minimum absolute atomic E-state index is 0.0541. The molecule has 0 amide bonds. The zero-order chi connectivity index (χ0) is 25.1. The van der Waals surface area contributed by atoms with Crippen LogP contribution in [0.1, 0.15) is 43.4 Å². The van der Waals surface area contributed by atoms with Crippen molar-refractivity contribution in [3.05, 3.63) is 113 Å². The molecule has 1 unspecified atom stereocenters. The molecule has 0 heterocycles. The Kier molecular flexibility index (Phi) is 5.93. The number of hydrogen-bond acceptors (Lipinski definition) is 2. The van der Waals surface area contributed by atoms with Crippen molar-refractivity contribution < 1.29 is 25.8 Å². The van der Waals surface area contributed by atoms with Crippen LogP contribution in [0.15, 0.2) is 91.0 Å². The molecule has 0 fully saturated rings. The molecular formula is C31H28Cl2O2Zr. The van der Waals surface area contributed by atoms with E-state index in [9.17, 15) is 5.11 Å². The van der Waals surface area contributed by atoms with Crippen LogP contribution in [0.2, 0.25) is 0 Å². The molecule has 0 bridgehead atoms. The van der Waals surface area contributed by atoms with Gasteiger partial charge in [-0.15, -0.1) is 0 Å². The van der Waals surface area contributed by atoms with Crippen LogP contribution < -0.4 is 4.74 Å². The van der Waals surface area contributed by atoms with Crippen molar-refractivity contribution in [3.8, 4) is 28.0 Å². The second-order valence-electron chi connectivity index (χ2n) is 10.1. The standard InChI is InChI=1S/C15H13O2.C13H9.C3H6.2ClH.Zr/c16-8-9-17-15-7-3-6-13-12-5-2-1-4-11(12)10-14(13)15;1-3-7-12-10(5-1)9-11-6-2-4-8-13(11)12;1-3-2;;;/h1-7,10,16H,8-9H2;1-9H;1-2H3;2*1H;/q;;;;;+2/p-2. The van der Waals surface area contributed by atoms with Crippen molar-refractivity contribution in [2.75, 3.05) is 13.2 Å². The van der Waals surface area contributed by atoms with Gasteiger partial charge in [0.25, 0.3) is 0 Å². The van der Waals surface area contributed by atoms with Gasteiger partial charge in [-0.2, -0.15) is 0 Å². The van der Waals surface area contributed by atoms with E-state index in [0.29, 0.717) is 0 Å². The molecule has 182 valence electrons. The third-order valence-electron chi connectivity index (χ3n) is 8.11. The van der Waals surface area contributed by atoms with Crippen molar-refractivity contribution in [2.24, 2.45) is 0 Å². The van der Waals surface area contributed by atoms with E-state index in [1.165, 1.54) is 27.8 Å². The van der Waals surface area contributed by atoms with Crippen LogP contribution in [0.25, 0.3) is 22.3 Å². The molecule has 0 saturated carbocycles. The third-order valence-corrected chi connectivity index (χ3v) is 30.7. The van der Waals surface area contributed by atoms with Gasteiger partial charge in [0, 0.05) is 0 Å². The van der Waals surface area contributed by atoms with E-state index >= 15 is 0 Å². The number of aliphatic hydroxyl groups is 1. The van der Waals surface area contributed by atoms with E-state index < -0.39 is 15.9 Å². The van der Waals surface area contributed by atoms with Gasteiger partial charge in [0.15, 0.2) is 0 Å². The van der Waals surface area contributed by atoms with Crippen LogP contribution in [0.3, 0.4) is 0 Å². The summed E-state index contributed by atoms with van der Waals surface area (Å²) < 4.78 is 6.98. The molecule has 2 aliphatic carbocycles. The predicted octanol–water partition coefficient (Wildman–Crippen LogP) is 8.11. The van der Waals surface area contributed by atoms with Crippen LogP contribution in [0.5, 0.6) is 5.75 Å². The molecule has 36 heavy (non-hydrogen) atoms. The van der Waals surface area contributed by atoms with E-state index in [0.717, 1.165) is 25.6 Å². The summed E-state index contributed by atoms with van der Waals surface area (Å²) in [4.78, 5) is 0. The average Bonchev–Trinajstić information content (AvgIpc) is 3.42. The van der Waals surface area contributed by atoms with E-state index in [1.807, 2.05) is 12.1 Å². The average molecular weight is 595 g/mol. The van der Waals surface area contributed by atoms with Gasteiger partial charge in [-0.1, -0.05) is 0 Å². The van der Waals surface area contributed by atoms with E-state index in [4.69, 9.17) is 21.8 Å².